The van der Waals surface area contributed by atoms with Gasteiger partial charge in [-0.15, -0.1) is 0 Å². The maximum Gasteiger partial charge on any atom is 0.218 e. The van der Waals surface area contributed by atoms with Crippen LogP contribution in [0.3, 0.4) is 0 Å². The summed E-state index contributed by atoms with van der Waals surface area (Å²) in [6.07, 6.45) is 4.90. The summed E-state index contributed by atoms with van der Waals surface area (Å²) in [4.78, 5) is 8.07. The molecule has 2 N–H and O–H groups in total. The first-order valence-electron chi connectivity index (χ1n) is 4.38. The van der Waals surface area contributed by atoms with Gasteiger partial charge in [0.05, 0.1) is 0 Å². The minimum atomic E-state index is 0.297. The van der Waals surface area contributed by atoms with Crippen LogP contribution in [0.25, 0.3) is 5.82 Å². The molecule has 0 amide bonds. The number of nitriles is 1. The van der Waals surface area contributed by atoms with E-state index in [2.05, 4.69) is 9.97 Å². The van der Waals surface area contributed by atoms with Crippen molar-refractivity contribution in [2.24, 2.45) is 0 Å². The number of nitrogens with zero attached hydrogens (tertiary/aromatic N) is 4. The van der Waals surface area contributed by atoms with Crippen LogP contribution in [-0.2, 0) is 0 Å². The van der Waals surface area contributed by atoms with Crippen molar-refractivity contribution in [2.75, 3.05) is 5.73 Å². The number of anilines is 1. The van der Waals surface area contributed by atoms with Crippen molar-refractivity contribution in [3.05, 3.63) is 36.0 Å². The van der Waals surface area contributed by atoms with Crippen LogP contribution in [0.5, 0.6) is 0 Å². The number of aromatic nitrogens is 3. The van der Waals surface area contributed by atoms with Gasteiger partial charge in [-0.25, -0.2) is 9.97 Å². The van der Waals surface area contributed by atoms with Crippen LogP contribution in [-0.4, -0.2) is 14.5 Å². The lowest BCUT2D eigenvalue weighted by Gasteiger charge is -2.05. The molecule has 2 aromatic heterocycles. The van der Waals surface area contributed by atoms with Crippen molar-refractivity contribution < 1.29 is 0 Å². The van der Waals surface area contributed by atoms with E-state index in [1.807, 2.05) is 13.0 Å². The fourth-order valence-corrected chi connectivity index (χ4v) is 1.23. The van der Waals surface area contributed by atoms with E-state index in [0.717, 1.165) is 5.56 Å². The summed E-state index contributed by atoms with van der Waals surface area (Å²) in [6.45, 7) is 1.88. The Labute approximate surface area is 86.8 Å². The second kappa shape index (κ2) is 3.42. The molecule has 5 heteroatoms. The van der Waals surface area contributed by atoms with Gasteiger partial charge < -0.3 is 5.73 Å². The Balaban J connectivity index is 2.56. The highest BCUT2D eigenvalue weighted by Gasteiger charge is 2.05. The molecule has 2 heterocycles. The molecule has 0 spiro atoms. The highest BCUT2D eigenvalue weighted by atomic mass is 15.1. The predicted octanol–water partition coefficient (Wildman–Crippen LogP) is 1.03. The average Bonchev–Trinajstić information content (AvgIpc) is 2.70. The Hall–Kier alpha value is -2.35. The minimum absolute atomic E-state index is 0.297. The lowest BCUT2D eigenvalue weighted by Crippen LogP contribution is -2.01. The van der Waals surface area contributed by atoms with Gasteiger partial charge in [0.2, 0.25) is 5.82 Å². The van der Waals surface area contributed by atoms with E-state index in [-0.39, 0.29) is 0 Å². The van der Waals surface area contributed by atoms with E-state index in [1.54, 1.807) is 29.2 Å². The number of rotatable bonds is 1. The van der Waals surface area contributed by atoms with Crippen molar-refractivity contribution in [3.63, 3.8) is 0 Å². The van der Waals surface area contributed by atoms with Crippen LogP contribution >= 0.6 is 0 Å². The SMILES string of the molecule is Cc1cnc(-n2ccnc2C#N)cc1N. The topological polar surface area (TPSA) is 80.5 Å². The van der Waals surface area contributed by atoms with Gasteiger partial charge in [0, 0.05) is 30.3 Å². The fourth-order valence-electron chi connectivity index (χ4n) is 1.23. The molecule has 0 unspecified atom stereocenters. The molecule has 0 aromatic carbocycles. The molecule has 0 saturated carbocycles. The van der Waals surface area contributed by atoms with Crippen LogP contribution in [0.4, 0.5) is 5.69 Å². The summed E-state index contributed by atoms with van der Waals surface area (Å²) < 4.78 is 1.59. The minimum Gasteiger partial charge on any atom is -0.398 e. The summed E-state index contributed by atoms with van der Waals surface area (Å²) in [5, 5.41) is 8.80. The molecule has 5 nitrogen and oxygen atoms in total. The zero-order chi connectivity index (χ0) is 10.8. The van der Waals surface area contributed by atoms with Gasteiger partial charge in [-0.1, -0.05) is 0 Å². The third kappa shape index (κ3) is 1.53. The number of hydrogen-bond donors (Lipinski definition) is 1. The van der Waals surface area contributed by atoms with Gasteiger partial charge in [0.15, 0.2) is 0 Å². The molecule has 2 aromatic rings. The Bertz CT molecular complexity index is 535. The van der Waals surface area contributed by atoms with Crippen LogP contribution in [0.2, 0.25) is 0 Å². The molecule has 0 fully saturated rings. The quantitative estimate of drug-likeness (QED) is 0.743. The van der Waals surface area contributed by atoms with Gasteiger partial charge in [-0.3, -0.25) is 4.57 Å². The number of pyridine rings is 1. The normalized spacial score (nSPS) is 9.87. The Kier molecular flexibility index (Phi) is 2.10. The Morgan fingerprint density at radius 1 is 1.47 bits per heavy atom. The average molecular weight is 199 g/mol. The van der Waals surface area contributed by atoms with Crippen molar-refractivity contribution in [2.45, 2.75) is 6.92 Å². The lowest BCUT2D eigenvalue weighted by molar-refractivity contribution is 0.965. The molecular formula is C10H9N5. The molecule has 0 bridgehead atoms. The van der Waals surface area contributed by atoms with Gasteiger partial charge in [0.1, 0.15) is 11.9 Å². The number of nitrogen functional groups attached to an aromatic ring is 1. The summed E-state index contributed by atoms with van der Waals surface area (Å²) in [5.41, 5.74) is 7.33. The smallest absolute Gasteiger partial charge is 0.218 e. The molecule has 0 radical (unpaired) electrons. The zero-order valence-electron chi connectivity index (χ0n) is 8.18. The van der Waals surface area contributed by atoms with Crippen LogP contribution in [0.1, 0.15) is 11.4 Å². The van der Waals surface area contributed by atoms with Crippen LogP contribution < -0.4 is 5.73 Å². The second-order valence-corrected chi connectivity index (χ2v) is 3.13. The third-order valence-electron chi connectivity index (χ3n) is 2.12. The summed E-state index contributed by atoms with van der Waals surface area (Å²) in [6, 6.07) is 3.70. The largest absolute Gasteiger partial charge is 0.398 e. The maximum atomic E-state index is 8.80. The summed E-state index contributed by atoms with van der Waals surface area (Å²) >= 11 is 0. The molecule has 74 valence electrons. The van der Waals surface area contributed by atoms with Crippen molar-refractivity contribution in [1.82, 2.24) is 14.5 Å². The summed E-state index contributed by atoms with van der Waals surface area (Å²) in [7, 11) is 0. The van der Waals surface area contributed by atoms with E-state index in [1.165, 1.54) is 0 Å². The highest BCUT2D eigenvalue weighted by molar-refractivity contribution is 5.49. The first-order valence-corrected chi connectivity index (χ1v) is 4.38. The molecule has 0 aliphatic carbocycles. The first kappa shape index (κ1) is 9.21. The second-order valence-electron chi connectivity index (χ2n) is 3.13. The number of nitrogens with two attached hydrogens (primary N) is 1. The Morgan fingerprint density at radius 2 is 2.27 bits per heavy atom. The van der Waals surface area contributed by atoms with E-state index in [4.69, 9.17) is 11.0 Å². The van der Waals surface area contributed by atoms with Crippen molar-refractivity contribution in [1.29, 1.82) is 5.26 Å². The number of aryl methyl sites for hydroxylation is 1. The third-order valence-corrected chi connectivity index (χ3v) is 2.12. The number of hydrogen-bond acceptors (Lipinski definition) is 4. The van der Waals surface area contributed by atoms with E-state index < -0.39 is 0 Å². The molecule has 2 rings (SSSR count). The molecule has 0 saturated heterocycles. The highest BCUT2D eigenvalue weighted by Crippen LogP contribution is 2.14. The zero-order valence-corrected chi connectivity index (χ0v) is 8.18. The molecule has 0 atom stereocenters. The fraction of sp³-hybridized carbons (Fsp3) is 0.100. The van der Waals surface area contributed by atoms with Gasteiger partial charge in [0.25, 0.3) is 0 Å². The van der Waals surface area contributed by atoms with Gasteiger partial charge >= 0.3 is 0 Å². The molecule has 15 heavy (non-hydrogen) atoms. The first-order chi connectivity index (χ1) is 7.22. The molecule has 0 aliphatic rings. The maximum absolute atomic E-state index is 8.80. The van der Waals surface area contributed by atoms with Gasteiger partial charge in [-0.05, 0) is 12.5 Å². The van der Waals surface area contributed by atoms with Crippen molar-refractivity contribution in [3.8, 4) is 11.9 Å². The standard InChI is InChI=1S/C10H9N5/c1-7-6-14-9(4-8(7)12)15-3-2-13-10(15)5-11/h2-4,6H,1H3,(H2,12,14). The molecular weight excluding hydrogens is 190 g/mol. The van der Waals surface area contributed by atoms with Crippen LogP contribution in [0, 0.1) is 18.3 Å². The van der Waals surface area contributed by atoms with E-state index >= 15 is 0 Å². The van der Waals surface area contributed by atoms with Crippen molar-refractivity contribution >= 4 is 5.69 Å². The lowest BCUT2D eigenvalue weighted by atomic mass is 10.2. The predicted molar refractivity (Wildman–Crippen MR) is 55.2 cm³/mol. The van der Waals surface area contributed by atoms with Gasteiger partial charge in [-0.2, -0.15) is 5.26 Å². The molecule has 0 aliphatic heterocycles. The summed E-state index contributed by atoms with van der Waals surface area (Å²) in [5.74, 6) is 0.901. The van der Waals surface area contributed by atoms with Crippen LogP contribution in [0.15, 0.2) is 24.7 Å². The van der Waals surface area contributed by atoms with E-state index in [9.17, 15) is 0 Å². The monoisotopic (exact) mass is 199 g/mol. The van der Waals surface area contributed by atoms with E-state index in [0.29, 0.717) is 17.3 Å². The number of imidazole rings is 1. The Morgan fingerprint density at radius 3 is 2.93 bits per heavy atom.